The Kier molecular flexibility index (Phi) is 67.3. The van der Waals surface area contributed by atoms with Crippen molar-refractivity contribution < 1.29 is 42.8 Å². The highest BCUT2D eigenvalue weighted by molar-refractivity contribution is 8.19. The summed E-state index contributed by atoms with van der Waals surface area (Å²) in [4.78, 5) is 46.3. The van der Waals surface area contributed by atoms with Crippen molar-refractivity contribution in [2.75, 3.05) is 154 Å². The number of carbonyl (C=O) groups is 3. The van der Waals surface area contributed by atoms with Crippen molar-refractivity contribution in [2.45, 2.75) is 299 Å². The predicted molar refractivity (Wildman–Crippen MR) is 412 cm³/mol. The second-order valence-electron chi connectivity index (χ2n) is 26.8. The van der Waals surface area contributed by atoms with Crippen LogP contribution in [0.1, 0.15) is 287 Å². The first-order valence-corrected chi connectivity index (χ1v) is 43.5. The maximum atomic E-state index is 13.2. The highest BCUT2D eigenvalue weighted by Crippen LogP contribution is 2.38. The van der Waals surface area contributed by atoms with Gasteiger partial charge in [-0.25, -0.2) is 0 Å². The van der Waals surface area contributed by atoms with Crippen LogP contribution in [0.25, 0.3) is 0 Å². The molecule has 0 saturated heterocycles. The number of carbonyl (C=O) groups excluding carboxylic acids is 3. The molecule has 0 saturated carbocycles. The average Bonchev–Trinajstić information content (AvgIpc) is 3.73. The number of esters is 3. The van der Waals surface area contributed by atoms with Gasteiger partial charge < -0.3 is 43.1 Å². The van der Waals surface area contributed by atoms with E-state index in [9.17, 15) is 14.4 Å². The first-order valence-electron chi connectivity index (χ1n) is 37.6. The topological polar surface area (TPSA) is 116 Å². The van der Waals surface area contributed by atoms with E-state index in [0.717, 1.165) is 126 Å². The Morgan fingerprint density at radius 1 is 0.272 bits per heavy atom. The van der Waals surface area contributed by atoms with Crippen molar-refractivity contribution in [3.05, 3.63) is 0 Å². The molecule has 0 amide bonds. The zero-order chi connectivity index (χ0) is 67.8. The minimum Gasteiger partial charge on any atom is -0.465 e. The fourth-order valence-electron chi connectivity index (χ4n) is 10.6. The molecule has 0 aliphatic rings. The van der Waals surface area contributed by atoms with Crippen LogP contribution >= 0.6 is 70.6 Å². The molecular formula is C74H147N3O9S6. The molecule has 0 aliphatic carbocycles. The Balaban J connectivity index is 5.07. The standard InChI is InChI=1S/C74H147N3O9S6/c1-12-15-18-21-24-27-30-33-36-39-54-81-57-63-87-72(4,5)90-66-60-84-69(78)44-51-76(48-42-47-75(10)11)49-43-50-77(52-45-70(79)85-61-67-91-73(6,7)88-64-58-82-55-40-37-34-31-28-25-22-19-16-13-2)53-46-71(80)86-62-68-92-74(8,9)89-65-59-83-56-41-38-35-32-29-26-23-20-17-14-3/h12-68H2,1-11H3. The van der Waals surface area contributed by atoms with E-state index >= 15 is 0 Å². The van der Waals surface area contributed by atoms with Crippen molar-refractivity contribution in [3.8, 4) is 0 Å². The van der Waals surface area contributed by atoms with Crippen LogP contribution < -0.4 is 0 Å². The van der Waals surface area contributed by atoms with Crippen LogP contribution in [0.3, 0.4) is 0 Å². The number of hydrogen-bond donors (Lipinski definition) is 0. The molecule has 0 bridgehead atoms. The van der Waals surface area contributed by atoms with Crippen LogP contribution in [-0.4, -0.2) is 199 Å². The lowest BCUT2D eigenvalue weighted by Crippen LogP contribution is -2.35. The maximum absolute atomic E-state index is 13.2. The molecule has 12 nitrogen and oxygen atoms in total. The Labute approximate surface area is 595 Å². The Hall–Kier alpha value is 0.270. The smallest absolute Gasteiger partial charge is 0.307 e. The van der Waals surface area contributed by atoms with Gasteiger partial charge in [0, 0.05) is 74.0 Å². The van der Waals surface area contributed by atoms with E-state index < -0.39 is 0 Å². The van der Waals surface area contributed by atoms with Gasteiger partial charge in [0.2, 0.25) is 0 Å². The largest absolute Gasteiger partial charge is 0.465 e. The minimum absolute atomic E-state index is 0.00863. The second-order valence-corrected chi connectivity index (χ2v) is 37.9. The summed E-state index contributed by atoms with van der Waals surface area (Å²) in [6.07, 6.45) is 42.6. The molecule has 92 heavy (non-hydrogen) atoms. The Morgan fingerprint density at radius 2 is 0.489 bits per heavy atom. The number of unbranched alkanes of at least 4 members (excludes halogenated alkanes) is 27. The zero-order valence-electron chi connectivity index (χ0n) is 61.8. The molecule has 0 aromatic rings. The van der Waals surface area contributed by atoms with E-state index in [1.807, 2.05) is 70.6 Å². The van der Waals surface area contributed by atoms with E-state index in [0.29, 0.717) is 52.4 Å². The Morgan fingerprint density at radius 3 is 0.739 bits per heavy atom. The van der Waals surface area contributed by atoms with E-state index in [1.54, 1.807) is 0 Å². The third kappa shape index (κ3) is 68.8. The predicted octanol–water partition coefficient (Wildman–Crippen LogP) is 20.2. The van der Waals surface area contributed by atoms with Crippen molar-refractivity contribution in [2.24, 2.45) is 0 Å². The van der Waals surface area contributed by atoms with Gasteiger partial charge >= 0.3 is 17.9 Å². The van der Waals surface area contributed by atoms with Crippen LogP contribution in [0.4, 0.5) is 0 Å². The summed E-state index contributed by atoms with van der Waals surface area (Å²) >= 11 is 11.2. The fourth-order valence-corrected chi connectivity index (χ4v) is 17.2. The summed E-state index contributed by atoms with van der Waals surface area (Å²) in [6, 6.07) is 0. The molecule has 548 valence electrons. The molecule has 0 aliphatic heterocycles. The highest BCUT2D eigenvalue weighted by Gasteiger charge is 2.22. The summed E-state index contributed by atoms with van der Waals surface area (Å²) in [7, 11) is 4.18. The van der Waals surface area contributed by atoms with Gasteiger partial charge in [-0.15, -0.1) is 70.6 Å². The van der Waals surface area contributed by atoms with E-state index in [2.05, 4.69) is 91.1 Å². The van der Waals surface area contributed by atoms with Crippen molar-refractivity contribution in [3.63, 3.8) is 0 Å². The van der Waals surface area contributed by atoms with E-state index in [-0.39, 0.29) is 43.0 Å². The molecule has 0 fully saturated rings. The van der Waals surface area contributed by atoms with Crippen molar-refractivity contribution in [1.82, 2.24) is 14.7 Å². The Bertz CT molecular complexity index is 1560. The quantitative estimate of drug-likeness (QED) is 0.0249. The van der Waals surface area contributed by atoms with Gasteiger partial charge in [-0.3, -0.25) is 14.4 Å². The van der Waals surface area contributed by atoms with Gasteiger partial charge in [-0.2, -0.15) is 0 Å². The lowest BCUT2D eigenvalue weighted by atomic mass is 10.1. The number of hydrogen-bond acceptors (Lipinski definition) is 18. The summed E-state index contributed by atoms with van der Waals surface area (Å²) in [5.41, 5.74) is 0. The van der Waals surface area contributed by atoms with Gasteiger partial charge in [0.05, 0.1) is 51.3 Å². The number of thioether (sulfide) groups is 6. The molecule has 18 heteroatoms. The van der Waals surface area contributed by atoms with Crippen molar-refractivity contribution in [1.29, 1.82) is 0 Å². The molecule has 0 heterocycles. The van der Waals surface area contributed by atoms with Crippen LogP contribution in [0.15, 0.2) is 0 Å². The monoisotopic (exact) mass is 1410 g/mol. The molecule has 0 radical (unpaired) electrons. The molecule has 0 unspecified atom stereocenters. The summed E-state index contributed by atoms with van der Waals surface area (Å²) < 4.78 is 35.2. The maximum Gasteiger partial charge on any atom is 0.307 e. The van der Waals surface area contributed by atoms with Crippen LogP contribution in [0.2, 0.25) is 0 Å². The number of nitrogens with zero attached hydrogens (tertiary/aromatic N) is 3. The molecule has 0 atom stereocenters. The van der Waals surface area contributed by atoms with E-state index in [4.69, 9.17) is 28.4 Å². The van der Waals surface area contributed by atoms with Crippen LogP contribution in [-0.2, 0) is 42.8 Å². The third-order valence-electron chi connectivity index (χ3n) is 16.3. The first-order chi connectivity index (χ1) is 44.4. The zero-order valence-corrected chi connectivity index (χ0v) is 66.7. The van der Waals surface area contributed by atoms with Crippen molar-refractivity contribution >= 4 is 88.5 Å². The van der Waals surface area contributed by atoms with Crippen LogP contribution in [0, 0.1) is 0 Å². The van der Waals surface area contributed by atoms with Gasteiger partial charge in [-0.05, 0) is 114 Å². The summed E-state index contributed by atoms with van der Waals surface area (Å²) in [6.45, 7) is 31.2. The minimum atomic E-state index is -0.216. The van der Waals surface area contributed by atoms with Crippen LogP contribution in [0.5, 0.6) is 0 Å². The normalized spacial score (nSPS) is 12.3. The number of rotatable bonds is 74. The average molecular weight is 1420 g/mol. The molecular weight excluding hydrogens is 1270 g/mol. The lowest BCUT2D eigenvalue weighted by molar-refractivity contribution is -0.144. The van der Waals surface area contributed by atoms with Gasteiger partial charge in [0.1, 0.15) is 19.8 Å². The van der Waals surface area contributed by atoms with Gasteiger partial charge in [-0.1, -0.05) is 194 Å². The fraction of sp³-hybridized carbons (Fsp3) is 0.959. The van der Waals surface area contributed by atoms with Gasteiger partial charge in [0.25, 0.3) is 0 Å². The first kappa shape index (κ1) is 92.3. The molecule has 0 N–H and O–H groups in total. The van der Waals surface area contributed by atoms with E-state index in [1.165, 1.54) is 173 Å². The third-order valence-corrected chi connectivity index (χ3v) is 24.8. The number of ether oxygens (including phenoxy) is 6. The summed E-state index contributed by atoms with van der Waals surface area (Å²) in [5, 5.41) is 0. The lowest BCUT2D eigenvalue weighted by Gasteiger charge is -2.26. The summed E-state index contributed by atoms with van der Waals surface area (Å²) in [5.74, 6) is 4.47. The highest BCUT2D eigenvalue weighted by atomic mass is 32.2. The molecule has 0 aromatic carbocycles. The molecule has 0 aromatic heterocycles. The molecule has 0 spiro atoms. The van der Waals surface area contributed by atoms with Gasteiger partial charge in [0.15, 0.2) is 0 Å². The molecule has 0 rings (SSSR count). The second kappa shape index (κ2) is 67.1. The SMILES string of the molecule is CCCCCCCCCCCCOCCSC(C)(C)SCCOC(=O)CCN(CCCN(C)C)CCCN(CCC(=O)OCCSC(C)(C)SCCOCCCCCCCCCCCC)CCC(=O)OCCSC(C)(C)SCCOCCCCCCCCCCCC.